The molecule has 0 unspecified atom stereocenters. The molecule has 0 atom stereocenters. The summed E-state index contributed by atoms with van der Waals surface area (Å²) in [6, 6.07) is 4.60. The molecular weight excluding hydrogens is 234 g/mol. The van der Waals surface area contributed by atoms with Crippen LogP contribution < -0.4 is 11.1 Å². The van der Waals surface area contributed by atoms with Gasteiger partial charge in [0.2, 0.25) is 0 Å². The number of amides is 1. The van der Waals surface area contributed by atoms with Crippen LogP contribution in [0, 0.1) is 6.92 Å². The first kappa shape index (κ1) is 13.8. The number of rotatable bonds is 3. The number of phenolic OH excluding ortho intramolecular Hbond substituents is 1. The molecule has 0 saturated heterocycles. The van der Waals surface area contributed by atoms with E-state index in [-0.39, 0.29) is 11.6 Å². The number of benzene rings is 1. The van der Waals surface area contributed by atoms with Crippen LogP contribution in [-0.2, 0) is 0 Å². The van der Waals surface area contributed by atoms with E-state index in [0.717, 1.165) is 0 Å². The fourth-order valence-electron chi connectivity index (χ4n) is 1.30. The van der Waals surface area contributed by atoms with Crippen molar-refractivity contribution in [1.82, 2.24) is 5.32 Å². The zero-order valence-electron chi connectivity index (χ0n) is 10.6. The summed E-state index contributed by atoms with van der Waals surface area (Å²) in [5.41, 5.74) is 5.47. The summed E-state index contributed by atoms with van der Waals surface area (Å²) in [7, 11) is 0. The van der Waals surface area contributed by atoms with Gasteiger partial charge < -0.3 is 21.4 Å². The van der Waals surface area contributed by atoms with Gasteiger partial charge >= 0.3 is 0 Å². The van der Waals surface area contributed by atoms with Crippen LogP contribution in [0.3, 0.4) is 0 Å². The van der Waals surface area contributed by atoms with E-state index in [1.807, 2.05) is 0 Å². The van der Waals surface area contributed by atoms with Crippen molar-refractivity contribution in [1.29, 1.82) is 0 Å². The molecule has 0 fully saturated rings. The number of nitrogens with two attached hydrogens (primary N) is 1. The Bertz CT molecular complexity index is 495. The van der Waals surface area contributed by atoms with Crippen LogP contribution >= 0.6 is 0 Å². The minimum absolute atomic E-state index is 0.0456. The summed E-state index contributed by atoms with van der Waals surface area (Å²) in [5, 5.41) is 23.6. The van der Waals surface area contributed by atoms with Gasteiger partial charge in [-0.1, -0.05) is 11.2 Å². The number of nitrogens with one attached hydrogen (secondary N) is 1. The minimum atomic E-state index is -0.980. The van der Waals surface area contributed by atoms with Crippen molar-refractivity contribution in [2.24, 2.45) is 10.9 Å². The topological polar surface area (TPSA) is 108 Å². The lowest BCUT2D eigenvalue weighted by molar-refractivity contribution is 0.0930. The van der Waals surface area contributed by atoms with Crippen LogP contribution in [0.15, 0.2) is 23.4 Å². The molecule has 0 bridgehead atoms. The maximum Gasteiger partial charge on any atom is 0.252 e. The number of carbonyl (C=O) groups is 1. The first-order valence-corrected chi connectivity index (χ1v) is 5.38. The van der Waals surface area contributed by atoms with Crippen molar-refractivity contribution in [2.75, 3.05) is 0 Å². The van der Waals surface area contributed by atoms with E-state index in [1.165, 1.54) is 6.07 Å². The zero-order valence-corrected chi connectivity index (χ0v) is 10.6. The molecular formula is C12H17N3O3. The van der Waals surface area contributed by atoms with E-state index >= 15 is 0 Å². The molecule has 0 radical (unpaired) electrons. The van der Waals surface area contributed by atoms with E-state index in [1.54, 1.807) is 32.9 Å². The highest BCUT2D eigenvalue weighted by Crippen LogP contribution is 2.18. The van der Waals surface area contributed by atoms with E-state index < -0.39 is 11.4 Å². The van der Waals surface area contributed by atoms with Crippen molar-refractivity contribution in [3.05, 3.63) is 29.3 Å². The highest BCUT2D eigenvalue weighted by Gasteiger charge is 2.26. The third-order valence-electron chi connectivity index (χ3n) is 2.65. The molecule has 6 heteroatoms. The Hall–Kier alpha value is -2.24. The van der Waals surface area contributed by atoms with Crippen molar-refractivity contribution in [3.63, 3.8) is 0 Å². The van der Waals surface area contributed by atoms with Gasteiger partial charge in [0.05, 0.1) is 5.54 Å². The second-order valence-electron chi connectivity index (χ2n) is 4.57. The number of aromatic hydroxyl groups is 1. The summed E-state index contributed by atoms with van der Waals surface area (Å²) < 4.78 is 0. The van der Waals surface area contributed by atoms with Crippen LogP contribution in [0.2, 0.25) is 0 Å². The maximum atomic E-state index is 11.9. The Morgan fingerprint density at radius 2 is 2.06 bits per heavy atom. The highest BCUT2D eigenvalue weighted by molar-refractivity contribution is 6.00. The Morgan fingerprint density at radius 1 is 1.44 bits per heavy atom. The summed E-state index contributed by atoms with van der Waals surface area (Å²) in [5.74, 6) is -0.474. The van der Waals surface area contributed by atoms with Gasteiger partial charge in [-0.05, 0) is 38.5 Å². The average molecular weight is 251 g/mol. The fourth-order valence-corrected chi connectivity index (χ4v) is 1.30. The van der Waals surface area contributed by atoms with Crippen LogP contribution in [0.5, 0.6) is 5.75 Å². The molecule has 0 heterocycles. The number of oxime groups is 1. The molecule has 0 aliphatic rings. The molecule has 5 N–H and O–H groups in total. The lowest BCUT2D eigenvalue weighted by Gasteiger charge is -2.24. The first-order valence-electron chi connectivity index (χ1n) is 5.38. The van der Waals surface area contributed by atoms with Crippen molar-refractivity contribution in [3.8, 4) is 5.75 Å². The third kappa shape index (κ3) is 2.91. The van der Waals surface area contributed by atoms with Gasteiger partial charge in [0, 0.05) is 5.56 Å². The van der Waals surface area contributed by atoms with Gasteiger partial charge in [-0.2, -0.15) is 0 Å². The number of carbonyl (C=O) groups excluding carboxylic acids is 1. The smallest absolute Gasteiger partial charge is 0.252 e. The number of hydrogen-bond acceptors (Lipinski definition) is 4. The molecule has 0 spiro atoms. The molecule has 1 amide bonds. The molecule has 18 heavy (non-hydrogen) atoms. The van der Waals surface area contributed by atoms with E-state index in [4.69, 9.17) is 10.9 Å². The number of amidine groups is 1. The summed E-state index contributed by atoms with van der Waals surface area (Å²) in [4.78, 5) is 11.9. The predicted molar refractivity (Wildman–Crippen MR) is 67.8 cm³/mol. The number of aryl methyl sites for hydroxylation is 1. The molecule has 1 aromatic carbocycles. The third-order valence-corrected chi connectivity index (χ3v) is 2.65. The molecule has 1 rings (SSSR count). The van der Waals surface area contributed by atoms with E-state index in [2.05, 4.69) is 10.5 Å². The van der Waals surface area contributed by atoms with Crippen LogP contribution in [0.4, 0.5) is 0 Å². The Balaban J connectivity index is 2.92. The monoisotopic (exact) mass is 251 g/mol. The minimum Gasteiger partial charge on any atom is -0.508 e. The summed E-state index contributed by atoms with van der Waals surface area (Å²) in [6.07, 6.45) is 0. The Morgan fingerprint density at radius 3 is 2.56 bits per heavy atom. The summed E-state index contributed by atoms with van der Waals surface area (Å²) >= 11 is 0. The van der Waals surface area contributed by atoms with Gasteiger partial charge in [-0.15, -0.1) is 0 Å². The molecule has 6 nitrogen and oxygen atoms in total. The molecule has 0 aliphatic heterocycles. The van der Waals surface area contributed by atoms with Crippen LogP contribution in [-0.4, -0.2) is 27.6 Å². The Kier molecular flexibility index (Phi) is 3.80. The van der Waals surface area contributed by atoms with E-state index in [0.29, 0.717) is 11.1 Å². The first-order chi connectivity index (χ1) is 8.27. The predicted octanol–water partition coefficient (Wildman–Crippen LogP) is 0.955. The molecule has 0 aliphatic carbocycles. The second kappa shape index (κ2) is 4.95. The zero-order chi connectivity index (χ0) is 13.9. The maximum absolute atomic E-state index is 11.9. The van der Waals surface area contributed by atoms with Gasteiger partial charge in [0.15, 0.2) is 5.84 Å². The highest BCUT2D eigenvalue weighted by atomic mass is 16.4. The van der Waals surface area contributed by atoms with Crippen molar-refractivity contribution >= 4 is 11.7 Å². The van der Waals surface area contributed by atoms with Gasteiger partial charge in [-0.3, -0.25) is 4.79 Å². The fraction of sp³-hybridized carbons (Fsp3) is 0.333. The standard InChI is InChI=1S/C12H17N3O3/c1-7-4-5-8(6-9(7)16)10(17)14-12(2,3)11(13)15-18/h4-6,16,18H,1-3H3,(H2,13,15)(H,14,17). The number of hydrogen-bond donors (Lipinski definition) is 4. The number of nitrogens with zero attached hydrogens (tertiary/aromatic N) is 1. The quantitative estimate of drug-likeness (QED) is 0.277. The molecule has 0 saturated carbocycles. The van der Waals surface area contributed by atoms with Gasteiger partial charge in [0.1, 0.15) is 5.75 Å². The van der Waals surface area contributed by atoms with Crippen LogP contribution in [0.25, 0.3) is 0 Å². The largest absolute Gasteiger partial charge is 0.508 e. The normalized spacial score (nSPS) is 12.3. The molecule has 0 aromatic heterocycles. The van der Waals surface area contributed by atoms with Gasteiger partial charge in [-0.25, -0.2) is 0 Å². The number of phenols is 1. The van der Waals surface area contributed by atoms with Gasteiger partial charge in [0.25, 0.3) is 5.91 Å². The second-order valence-corrected chi connectivity index (χ2v) is 4.57. The van der Waals surface area contributed by atoms with E-state index in [9.17, 15) is 9.90 Å². The SMILES string of the molecule is Cc1ccc(C(=O)NC(C)(C)/C(N)=N/O)cc1O. The lowest BCUT2D eigenvalue weighted by atomic mass is 10.0. The van der Waals surface area contributed by atoms with Crippen LogP contribution in [0.1, 0.15) is 29.8 Å². The molecule has 98 valence electrons. The average Bonchev–Trinajstić information content (AvgIpc) is 2.30. The lowest BCUT2D eigenvalue weighted by Crippen LogP contribution is -2.53. The molecule has 1 aromatic rings. The summed E-state index contributed by atoms with van der Waals surface area (Å²) in [6.45, 7) is 4.94. The van der Waals surface area contributed by atoms with Crippen molar-refractivity contribution < 1.29 is 15.1 Å². The van der Waals surface area contributed by atoms with Crippen molar-refractivity contribution in [2.45, 2.75) is 26.3 Å². The Labute approximate surface area is 105 Å².